The summed E-state index contributed by atoms with van der Waals surface area (Å²) in [5.41, 5.74) is 0.229. The van der Waals surface area contributed by atoms with Gasteiger partial charge in [0, 0.05) is 25.7 Å². The first-order chi connectivity index (χ1) is 13.6. The van der Waals surface area contributed by atoms with Crippen molar-refractivity contribution in [3.05, 3.63) is 45.5 Å². The minimum atomic E-state index is -4.90. The molecule has 1 fully saturated rings. The maximum atomic E-state index is 12.5. The van der Waals surface area contributed by atoms with Gasteiger partial charge in [-0.3, -0.25) is 4.79 Å². The Morgan fingerprint density at radius 2 is 2.17 bits per heavy atom. The average Bonchev–Trinajstić information content (AvgIpc) is 2.64. The number of hydrogen-bond donors (Lipinski definition) is 2. The molecule has 0 unspecified atom stereocenters. The van der Waals surface area contributed by atoms with E-state index in [1.165, 1.54) is 12.3 Å². The van der Waals surface area contributed by atoms with Gasteiger partial charge in [0.25, 0.3) is 5.91 Å². The number of halogens is 5. The maximum Gasteiger partial charge on any atom is 0.573 e. The smallest absolute Gasteiger partial charge is 0.405 e. The minimum absolute atomic E-state index is 0.0208. The van der Waals surface area contributed by atoms with E-state index >= 15 is 0 Å². The molecule has 1 atom stereocenters. The van der Waals surface area contributed by atoms with Crippen molar-refractivity contribution in [3.63, 3.8) is 0 Å². The molecule has 0 radical (unpaired) electrons. The van der Waals surface area contributed by atoms with E-state index in [1.54, 1.807) is 12.1 Å². The highest BCUT2D eigenvalue weighted by molar-refractivity contribution is 9.10. The number of hydrogen-bond acceptors (Lipinski definition) is 5. The third kappa shape index (κ3) is 5.52. The molecule has 2 aromatic rings. The lowest BCUT2D eigenvalue weighted by atomic mass is 10.2. The van der Waals surface area contributed by atoms with Gasteiger partial charge in [0.1, 0.15) is 11.6 Å². The van der Waals surface area contributed by atoms with Gasteiger partial charge in [-0.2, -0.15) is 0 Å². The van der Waals surface area contributed by atoms with Crippen molar-refractivity contribution in [1.82, 2.24) is 10.3 Å². The van der Waals surface area contributed by atoms with Crippen molar-refractivity contribution >= 4 is 44.9 Å². The molecule has 1 amide bonds. The zero-order valence-corrected chi connectivity index (χ0v) is 17.5. The van der Waals surface area contributed by atoms with Crippen molar-refractivity contribution in [1.29, 1.82) is 0 Å². The second kappa shape index (κ2) is 8.76. The number of rotatable bonds is 4. The predicted molar refractivity (Wildman–Crippen MR) is 108 cm³/mol. The molecule has 2 heterocycles. The largest absolute Gasteiger partial charge is 0.573 e. The second-order valence-electron chi connectivity index (χ2n) is 6.42. The quantitative estimate of drug-likeness (QED) is 0.659. The molecule has 29 heavy (non-hydrogen) atoms. The van der Waals surface area contributed by atoms with Crippen LogP contribution in [0.15, 0.2) is 34.9 Å². The summed E-state index contributed by atoms with van der Waals surface area (Å²) in [4.78, 5) is 19.0. The van der Waals surface area contributed by atoms with Crippen molar-refractivity contribution < 1.29 is 22.7 Å². The molecule has 2 N–H and O–H groups in total. The van der Waals surface area contributed by atoms with E-state index in [1.807, 2.05) is 0 Å². The fourth-order valence-electron chi connectivity index (χ4n) is 2.92. The second-order valence-corrected chi connectivity index (χ2v) is 7.68. The van der Waals surface area contributed by atoms with Gasteiger partial charge in [0.05, 0.1) is 26.9 Å². The Morgan fingerprint density at radius 1 is 1.41 bits per heavy atom. The number of pyridine rings is 1. The first-order valence-corrected chi connectivity index (χ1v) is 9.80. The molecule has 11 heteroatoms. The maximum absolute atomic E-state index is 12.5. The van der Waals surface area contributed by atoms with Gasteiger partial charge in [-0.25, -0.2) is 4.98 Å². The molecule has 1 saturated heterocycles. The first-order valence-electron chi connectivity index (χ1n) is 8.63. The molecule has 156 valence electrons. The highest BCUT2D eigenvalue weighted by atomic mass is 79.9. The van der Waals surface area contributed by atoms with Crippen LogP contribution < -0.4 is 20.3 Å². The molecule has 3 rings (SSSR count). The zero-order chi connectivity index (χ0) is 21.2. The van der Waals surface area contributed by atoms with Crippen LogP contribution in [0.4, 0.5) is 24.7 Å². The summed E-state index contributed by atoms with van der Waals surface area (Å²) in [5.74, 6) is -0.465. The van der Waals surface area contributed by atoms with Crippen molar-refractivity contribution in [2.24, 2.45) is 0 Å². The van der Waals surface area contributed by atoms with Gasteiger partial charge in [-0.05, 0) is 47.1 Å². The molecule has 0 saturated carbocycles. The number of alkyl halides is 3. The summed E-state index contributed by atoms with van der Waals surface area (Å²) in [6, 6.07) is 5.84. The number of carbonyl (C=O) groups is 1. The standard InChI is InChI=1S/C18H17BrClF3N4O2/c1-10-8-24-4-5-27(10)16-3-2-11(9-25-16)26-17(28)12-6-15(29-18(21,22)23)13(19)7-14(12)20/h2-3,6-7,9-10,24H,4-5,8H2,1H3,(H,26,28)/t10-/m1/s1. The fourth-order valence-corrected chi connectivity index (χ4v) is 3.72. The molecular formula is C18H17BrClF3N4O2. The van der Waals surface area contributed by atoms with E-state index in [2.05, 4.69) is 48.1 Å². The topological polar surface area (TPSA) is 66.5 Å². The Kier molecular flexibility index (Phi) is 6.55. The van der Waals surface area contributed by atoms with Gasteiger partial charge in [-0.1, -0.05) is 11.6 Å². The van der Waals surface area contributed by atoms with Crippen LogP contribution in [0.1, 0.15) is 17.3 Å². The molecule has 0 bridgehead atoms. The van der Waals surface area contributed by atoms with E-state index in [9.17, 15) is 18.0 Å². The molecule has 1 aliphatic heterocycles. The van der Waals surface area contributed by atoms with Crippen LogP contribution in [-0.4, -0.2) is 42.9 Å². The number of nitrogens with one attached hydrogen (secondary N) is 2. The molecule has 1 aliphatic rings. The van der Waals surface area contributed by atoms with Crippen LogP contribution in [0.2, 0.25) is 5.02 Å². The molecule has 0 spiro atoms. The summed E-state index contributed by atoms with van der Waals surface area (Å²) in [6.07, 6.45) is -3.41. The van der Waals surface area contributed by atoms with Crippen LogP contribution in [0, 0.1) is 0 Å². The number of piperazine rings is 1. The minimum Gasteiger partial charge on any atom is -0.405 e. The van der Waals surface area contributed by atoms with Gasteiger partial charge < -0.3 is 20.3 Å². The van der Waals surface area contributed by atoms with E-state index in [4.69, 9.17) is 11.6 Å². The zero-order valence-electron chi connectivity index (χ0n) is 15.2. The molecule has 1 aromatic carbocycles. The van der Waals surface area contributed by atoms with Gasteiger partial charge in [0.2, 0.25) is 0 Å². The number of ether oxygens (including phenoxy) is 1. The summed E-state index contributed by atoms with van der Waals surface area (Å²) in [7, 11) is 0. The Morgan fingerprint density at radius 3 is 2.79 bits per heavy atom. The SMILES string of the molecule is C[C@@H]1CNCCN1c1ccc(NC(=O)c2cc(OC(F)(F)F)c(Br)cc2Cl)cn1. The number of nitrogens with zero attached hydrogens (tertiary/aromatic N) is 2. The van der Waals surface area contributed by atoms with Crippen molar-refractivity contribution in [2.75, 3.05) is 29.9 Å². The normalized spacial score (nSPS) is 17.2. The third-order valence-electron chi connectivity index (χ3n) is 4.29. The monoisotopic (exact) mass is 492 g/mol. The highest BCUT2D eigenvalue weighted by Gasteiger charge is 2.32. The number of anilines is 2. The fraction of sp³-hybridized carbons (Fsp3) is 0.333. The van der Waals surface area contributed by atoms with Crippen LogP contribution in [0.25, 0.3) is 0 Å². The Labute approximate surface area is 178 Å². The Bertz CT molecular complexity index is 896. The highest BCUT2D eigenvalue weighted by Crippen LogP contribution is 2.35. The van der Waals surface area contributed by atoms with Crippen LogP contribution in [0.3, 0.4) is 0 Å². The number of carbonyl (C=O) groups excluding carboxylic acids is 1. The summed E-state index contributed by atoms with van der Waals surface area (Å²) >= 11 is 8.96. The Hall–Kier alpha value is -2.04. The third-order valence-corrected chi connectivity index (χ3v) is 5.23. The van der Waals surface area contributed by atoms with E-state index in [-0.39, 0.29) is 21.1 Å². The lowest BCUT2D eigenvalue weighted by Gasteiger charge is -2.34. The lowest BCUT2D eigenvalue weighted by Crippen LogP contribution is -2.50. The number of benzene rings is 1. The van der Waals surface area contributed by atoms with E-state index < -0.39 is 18.0 Å². The van der Waals surface area contributed by atoms with Crippen molar-refractivity contribution in [3.8, 4) is 5.75 Å². The van der Waals surface area contributed by atoms with Crippen LogP contribution in [0.5, 0.6) is 5.75 Å². The van der Waals surface area contributed by atoms with Gasteiger partial charge in [0.15, 0.2) is 0 Å². The summed E-state index contributed by atoms with van der Waals surface area (Å²) in [5, 5.41) is 5.85. The van der Waals surface area contributed by atoms with Crippen LogP contribution in [-0.2, 0) is 0 Å². The predicted octanol–water partition coefficient (Wildman–Crippen LogP) is 4.45. The molecule has 6 nitrogen and oxygen atoms in total. The van der Waals surface area contributed by atoms with Gasteiger partial charge in [-0.15, -0.1) is 13.2 Å². The first kappa shape index (κ1) is 21.7. The molecule has 0 aliphatic carbocycles. The van der Waals surface area contributed by atoms with Gasteiger partial charge >= 0.3 is 6.36 Å². The van der Waals surface area contributed by atoms with Crippen LogP contribution >= 0.6 is 27.5 Å². The Balaban J connectivity index is 1.75. The number of aromatic nitrogens is 1. The average molecular weight is 494 g/mol. The molecular weight excluding hydrogens is 477 g/mol. The van der Waals surface area contributed by atoms with Crippen molar-refractivity contribution in [2.45, 2.75) is 19.3 Å². The lowest BCUT2D eigenvalue weighted by molar-refractivity contribution is -0.274. The summed E-state index contributed by atoms with van der Waals surface area (Å²) < 4.78 is 41.5. The van der Waals surface area contributed by atoms with E-state index in [0.717, 1.165) is 31.5 Å². The molecule has 1 aromatic heterocycles. The van der Waals surface area contributed by atoms with E-state index in [0.29, 0.717) is 5.69 Å². The summed E-state index contributed by atoms with van der Waals surface area (Å²) in [6.45, 7) is 4.61. The number of amides is 1.